The smallest absolute Gasteiger partial charge is 0.226 e. The van der Waals surface area contributed by atoms with Gasteiger partial charge in [0.1, 0.15) is 11.5 Å². The summed E-state index contributed by atoms with van der Waals surface area (Å²) in [5, 5.41) is 3.05. The van der Waals surface area contributed by atoms with Crippen LogP contribution >= 0.6 is 0 Å². The number of nitrogens with one attached hydrogen (secondary N) is 1. The Morgan fingerprint density at radius 3 is 2.70 bits per heavy atom. The third-order valence-electron chi connectivity index (χ3n) is 5.99. The number of rotatable bonds is 9. The predicted molar refractivity (Wildman–Crippen MR) is 127 cm³/mol. The third kappa shape index (κ3) is 6.20. The Kier molecular flexibility index (Phi) is 7.73. The van der Waals surface area contributed by atoms with Crippen LogP contribution < -0.4 is 10.1 Å². The van der Waals surface area contributed by atoms with Gasteiger partial charge in [-0.15, -0.1) is 0 Å². The van der Waals surface area contributed by atoms with Crippen molar-refractivity contribution < 1.29 is 13.9 Å². The SMILES string of the molecule is CCCOc1ccc(-c2nc(CN3CCC(C(=O)NCc4cccnc4)CC3)c(C)o2)cc1. The van der Waals surface area contributed by atoms with Crippen LogP contribution in [0.2, 0.25) is 0 Å². The summed E-state index contributed by atoms with van der Waals surface area (Å²) in [7, 11) is 0. The molecule has 0 radical (unpaired) electrons. The molecule has 1 amide bonds. The molecular formula is C26H32N4O3. The molecule has 1 saturated heterocycles. The highest BCUT2D eigenvalue weighted by Gasteiger charge is 2.26. The van der Waals surface area contributed by atoms with Gasteiger partial charge in [-0.2, -0.15) is 0 Å². The van der Waals surface area contributed by atoms with Gasteiger partial charge < -0.3 is 14.5 Å². The number of nitrogens with zero attached hydrogens (tertiary/aromatic N) is 3. The molecule has 0 aliphatic carbocycles. The van der Waals surface area contributed by atoms with E-state index in [1.54, 1.807) is 12.4 Å². The largest absolute Gasteiger partial charge is 0.494 e. The van der Waals surface area contributed by atoms with E-state index in [-0.39, 0.29) is 11.8 Å². The molecule has 3 aromatic rings. The highest BCUT2D eigenvalue weighted by Crippen LogP contribution is 2.26. The fourth-order valence-electron chi connectivity index (χ4n) is 4.01. The summed E-state index contributed by atoms with van der Waals surface area (Å²) in [5.41, 5.74) is 2.91. The van der Waals surface area contributed by atoms with Crippen LogP contribution in [0.5, 0.6) is 5.75 Å². The molecule has 4 rings (SSSR count). The lowest BCUT2D eigenvalue weighted by Crippen LogP contribution is -2.40. The van der Waals surface area contributed by atoms with E-state index in [1.807, 2.05) is 43.3 Å². The number of hydrogen-bond acceptors (Lipinski definition) is 6. The van der Waals surface area contributed by atoms with E-state index >= 15 is 0 Å². The Hall–Kier alpha value is -3.19. The van der Waals surface area contributed by atoms with Crippen LogP contribution in [0.1, 0.15) is 43.2 Å². The standard InChI is InChI=1S/C26H32N4O3/c1-3-15-32-23-8-6-22(7-9-23)26-29-24(19(2)33-26)18-30-13-10-21(11-14-30)25(31)28-17-20-5-4-12-27-16-20/h4-9,12,16,21H,3,10-11,13-15,17-18H2,1-2H3,(H,28,31). The summed E-state index contributed by atoms with van der Waals surface area (Å²) in [6.45, 7) is 7.77. The number of amides is 1. The number of carbonyl (C=O) groups is 1. The molecule has 0 bridgehead atoms. The van der Waals surface area contributed by atoms with Crippen molar-refractivity contribution in [2.75, 3.05) is 19.7 Å². The van der Waals surface area contributed by atoms with Crippen molar-refractivity contribution in [2.45, 2.75) is 46.2 Å². The number of aryl methyl sites for hydroxylation is 1. The first-order chi connectivity index (χ1) is 16.1. The maximum absolute atomic E-state index is 12.5. The first-order valence-corrected chi connectivity index (χ1v) is 11.7. The minimum atomic E-state index is 0.0559. The van der Waals surface area contributed by atoms with E-state index in [1.165, 1.54) is 0 Å². The second kappa shape index (κ2) is 11.1. The average molecular weight is 449 g/mol. The van der Waals surface area contributed by atoms with E-state index in [0.717, 1.165) is 67.2 Å². The van der Waals surface area contributed by atoms with Gasteiger partial charge in [-0.05, 0) is 75.2 Å². The van der Waals surface area contributed by atoms with Gasteiger partial charge >= 0.3 is 0 Å². The van der Waals surface area contributed by atoms with E-state index in [2.05, 4.69) is 22.1 Å². The predicted octanol–water partition coefficient (Wildman–Crippen LogP) is 4.36. The zero-order valence-corrected chi connectivity index (χ0v) is 19.4. The minimum Gasteiger partial charge on any atom is -0.494 e. The summed E-state index contributed by atoms with van der Waals surface area (Å²) in [6.07, 6.45) is 6.20. The van der Waals surface area contributed by atoms with Crippen molar-refractivity contribution in [1.29, 1.82) is 0 Å². The van der Waals surface area contributed by atoms with Crippen molar-refractivity contribution in [3.8, 4) is 17.2 Å². The topological polar surface area (TPSA) is 80.5 Å². The van der Waals surface area contributed by atoms with Crippen LogP contribution in [0.3, 0.4) is 0 Å². The van der Waals surface area contributed by atoms with Crippen molar-refractivity contribution in [2.24, 2.45) is 5.92 Å². The molecule has 1 aromatic carbocycles. The second-order valence-corrected chi connectivity index (χ2v) is 8.52. The molecule has 1 fully saturated rings. The van der Waals surface area contributed by atoms with E-state index in [0.29, 0.717) is 19.0 Å². The number of benzene rings is 1. The highest BCUT2D eigenvalue weighted by atomic mass is 16.5. The summed E-state index contributed by atoms with van der Waals surface area (Å²) in [5.74, 6) is 2.52. The summed E-state index contributed by atoms with van der Waals surface area (Å²) in [4.78, 5) is 23.7. The zero-order valence-electron chi connectivity index (χ0n) is 19.4. The van der Waals surface area contributed by atoms with E-state index in [9.17, 15) is 4.79 Å². The minimum absolute atomic E-state index is 0.0559. The zero-order chi connectivity index (χ0) is 23.0. The molecule has 0 atom stereocenters. The van der Waals surface area contributed by atoms with Gasteiger partial charge in [-0.25, -0.2) is 4.98 Å². The Morgan fingerprint density at radius 1 is 1.21 bits per heavy atom. The van der Waals surface area contributed by atoms with Crippen molar-refractivity contribution in [1.82, 2.24) is 20.2 Å². The fraction of sp³-hybridized carbons (Fsp3) is 0.423. The number of oxazole rings is 1. The van der Waals surface area contributed by atoms with Crippen LogP contribution in [0.15, 0.2) is 53.2 Å². The van der Waals surface area contributed by atoms with Crippen LogP contribution in [-0.2, 0) is 17.9 Å². The van der Waals surface area contributed by atoms with Crippen molar-refractivity contribution in [3.63, 3.8) is 0 Å². The van der Waals surface area contributed by atoms with Gasteiger partial charge in [0.25, 0.3) is 0 Å². The molecule has 7 heteroatoms. The summed E-state index contributed by atoms with van der Waals surface area (Å²) >= 11 is 0. The van der Waals surface area contributed by atoms with Crippen molar-refractivity contribution >= 4 is 5.91 Å². The van der Waals surface area contributed by atoms with Crippen LogP contribution in [0.25, 0.3) is 11.5 Å². The molecule has 33 heavy (non-hydrogen) atoms. The molecule has 0 spiro atoms. The average Bonchev–Trinajstić information content (AvgIpc) is 3.22. The molecule has 1 aliphatic rings. The van der Waals surface area contributed by atoms with Gasteiger partial charge in [0.05, 0.1) is 12.3 Å². The number of ether oxygens (including phenoxy) is 1. The quantitative estimate of drug-likeness (QED) is 0.524. The second-order valence-electron chi connectivity index (χ2n) is 8.52. The van der Waals surface area contributed by atoms with E-state index < -0.39 is 0 Å². The Balaban J connectivity index is 1.27. The highest BCUT2D eigenvalue weighted by molar-refractivity contribution is 5.78. The van der Waals surface area contributed by atoms with E-state index in [4.69, 9.17) is 14.1 Å². The number of carbonyl (C=O) groups excluding carboxylic acids is 1. The van der Waals surface area contributed by atoms with Gasteiger partial charge in [0.2, 0.25) is 11.8 Å². The lowest BCUT2D eigenvalue weighted by Gasteiger charge is -2.30. The maximum atomic E-state index is 12.5. The first kappa shape index (κ1) is 23.0. The normalized spacial score (nSPS) is 14.8. The summed E-state index contributed by atoms with van der Waals surface area (Å²) in [6, 6.07) is 11.7. The Labute approximate surface area is 195 Å². The molecule has 2 aromatic heterocycles. The van der Waals surface area contributed by atoms with Crippen molar-refractivity contribution in [3.05, 3.63) is 65.8 Å². The third-order valence-corrected chi connectivity index (χ3v) is 5.99. The van der Waals surface area contributed by atoms with Gasteiger partial charge in [-0.1, -0.05) is 13.0 Å². The molecule has 0 saturated carbocycles. The number of likely N-dealkylation sites (tertiary alicyclic amines) is 1. The number of hydrogen-bond donors (Lipinski definition) is 1. The molecule has 7 nitrogen and oxygen atoms in total. The van der Waals surface area contributed by atoms with Crippen LogP contribution in [0, 0.1) is 12.8 Å². The molecule has 1 aliphatic heterocycles. The van der Waals surface area contributed by atoms with Gasteiger partial charge in [0.15, 0.2) is 0 Å². The molecule has 174 valence electrons. The number of piperidine rings is 1. The first-order valence-electron chi connectivity index (χ1n) is 11.7. The molecular weight excluding hydrogens is 416 g/mol. The molecule has 3 heterocycles. The van der Waals surface area contributed by atoms with Gasteiger partial charge in [-0.3, -0.25) is 14.7 Å². The number of pyridine rings is 1. The van der Waals surface area contributed by atoms with Crippen LogP contribution in [0.4, 0.5) is 0 Å². The lowest BCUT2D eigenvalue weighted by atomic mass is 9.95. The Bertz CT molecular complexity index is 1030. The van der Waals surface area contributed by atoms with Crippen LogP contribution in [-0.4, -0.2) is 40.5 Å². The lowest BCUT2D eigenvalue weighted by molar-refractivity contribution is -0.126. The molecule has 1 N–H and O–H groups in total. The summed E-state index contributed by atoms with van der Waals surface area (Å²) < 4.78 is 11.6. The maximum Gasteiger partial charge on any atom is 0.226 e. The number of aromatic nitrogens is 2. The van der Waals surface area contributed by atoms with Gasteiger partial charge in [0, 0.05) is 37.0 Å². The monoisotopic (exact) mass is 448 g/mol. The Morgan fingerprint density at radius 2 is 2.00 bits per heavy atom. The molecule has 0 unspecified atom stereocenters. The fourth-order valence-corrected chi connectivity index (χ4v) is 4.01.